The van der Waals surface area contributed by atoms with E-state index >= 15 is 0 Å². The topological polar surface area (TPSA) is 295 Å². The molecule has 7 N–H and O–H groups in total. The summed E-state index contributed by atoms with van der Waals surface area (Å²) < 4.78 is 10.7. The molecule has 3 amide bonds. The molecule has 0 saturated heterocycles. The summed E-state index contributed by atoms with van der Waals surface area (Å²) in [6.45, 7) is 49.6. The number of amides is 3. The third-order valence-electron chi connectivity index (χ3n) is 31.0. The SMILES string of the molecule is Cc1cnc(C(=O)Cc2ccc(C3CCCCC3)cc2C2=CCC(C)(C)CC2)[nH]1.O=C=O.[C-]#[N+]C1=CCC(C(=O)Nc2ccc(C3CCC(N(C)CCOC)CC3)cc2C2=CCC(C)(C)CC2)=N1.[C-]#[N+]C1=CCC(C(=O)Nc2ccc(C3CCC(N(CCO)CCO)CC3)cc2C2=CCC(C)(C)CC2)=N1.[C-]#[N+]C1=CCC(C(=O)Nc2ccc(C3CCC(NCCOCC)CC3)cc2C2=CCC(C)(C)CC2)=N1. The number of methoxy groups -OCH3 is 1. The smallest absolute Gasteiger partial charge is 0.373 e. The number of likely N-dealkylation sites (N-methyl/N-ethyl adjacent to an activating group) is 1. The van der Waals surface area contributed by atoms with E-state index in [4.69, 9.17) is 38.8 Å². The zero-order valence-electron chi connectivity index (χ0n) is 86.0. The molecule has 4 fully saturated rings. The molecule has 0 spiro atoms. The van der Waals surface area contributed by atoms with E-state index in [1.165, 1.54) is 140 Å². The van der Waals surface area contributed by atoms with Crippen molar-refractivity contribution in [3.05, 3.63) is 235 Å². The van der Waals surface area contributed by atoms with Gasteiger partial charge in [-0.25, -0.2) is 4.98 Å². The Bertz CT molecular complexity index is 5680. The number of benzene rings is 4. The molecule has 4 saturated carbocycles. The van der Waals surface area contributed by atoms with Gasteiger partial charge in [0, 0.05) is 129 Å². The molecule has 24 nitrogen and oxygen atoms in total. The number of nitrogens with zero attached hydrogens (tertiary/aromatic N) is 9. The number of anilines is 3. The molecule has 0 unspecified atom stereocenters. The van der Waals surface area contributed by atoms with Gasteiger partial charge in [0.2, 0.25) is 5.78 Å². The van der Waals surface area contributed by atoms with Crippen molar-refractivity contribution in [2.45, 2.75) is 323 Å². The van der Waals surface area contributed by atoms with Crippen LogP contribution in [0.25, 0.3) is 36.8 Å². The third kappa shape index (κ3) is 31.5. The van der Waals surface area contributed by atoms with Crippen LogP contribution in [0.2, 0.25) is 0 Å². The second-order valence-corrected chi connectivity index (χ2v) is 43.5. The van der Waals surface area contributed by atoms with Gasteiger partial charge in [0.1, 0.15) is 0 Å². The van der Waals surface area contributed by atoms with Crippen molar-refractivity contribution in [3.8, 4) is 0 Å². The van der Waals surface area contributed by atoms with E-state index in [0.29, 0.717) is 137 Å². The number of imidazole rings is 1. The second kappa shape index (κ2) is 52.3. The van der Waals surface area contributed by atoms with E-state index < -0.39 is 0 Å². The van der Waals surface area contributed by atoms with E-state index in [1.54, 1.807) is 31.5 Å². The molecule has 11 aliphatic rings. The van der Waals surface area contributed by atoms with Crippen LogP contribution in [-0.4, -0.2) is 168 Å². The van der Waals surface area contributed by atoms with Gasteiger partial charge in [0.25, 0.3) is 35.2 Å². The summed E-state index contributed by atoms with van der Waals surface area (Å²) in [5.74, 6) is 2.99. The zero-order valence-corrected chi connectivity index (χ0v) is 86.0. The number of nitrogens with one attached hydrogen (secondary N) is 5. The number of aromatic amines is 1. The van der Waals surface area contributed by atoms with Crippen molar-refractivity contribution < 1.29 is 48.5 Å². The predicted molar refractivity (Wildman–Crippen MR) is 566 cm³/mol. The summed E-state index contributed by atoms with van der Waals surface area (Å²) in [7, 11) is 3.97. The van der Waals surface area contributed by atoms with Crippen LogP contribution in [0.4, 0.5) is 17.1 Å². The zero-order chi connectivity index (χ0) is 101. The first kappa shape index (κ1) is 109. The van der Waals surface area contributed by atoms with Crippen molar-refractivity contribution >= 4 is 86.1 Å². The van der Waals surface area contributed by atoms with Crippen molar-refractivity contribution in [1.82, 2.24) is 25.1 Å². The highest BCUT2D eigenvalue weighted by Crippen LogP contribution is 2.49. The summed E-state index contributed by atoms with van der Waals surface area (Å²) in [5.41, 5.74) is 22.7. The van der Waals surface area contributed by atoms with Gasteiger partial charge in [-0.3, -0.25) is 24.1 Å². The molecule has 16 rings (SSSR count). The van der Waals surface area contributed by atoms with Crippen LogP contribution in [0.5, 0.6) is 0 Å². The van der Waals surface area contributed by atoms with E-state index in [0.717, 1.165) is 174 Å². The Morgan fingerprint density at radius 2 is 0.858 bits per heavy atom. The first-order valence-electron chi connectivity index (χ1n) is 52.1. The molecule has 141 heavy (non-hydrogen) atoms. The number of aliphatic hydroxyl groups excluding tert-OH is 2. The van der Waals surface area contributed by atoms with Gasteiger partial charge in [-0.15, -0.1) is 15.0 Å². The van der Waals surface area contributed by atoms with Crippen molar-refractivity contribution in [2.24, 2.45) is 36.6 Å². The van der Waals surface area contributed by atoms with Gasteiger partial charge in [-0.2, -0.15) is 9.59 Å². The average molecular weight is 1920 g/mol. The van der Waals surface area contributed by atoms with Gasteiger partial charge < -0.3 is 65.4 Å². The lowest BCUT2D eigenvalue weighted by atomic mass is 9.75. The third-order valence-corrected chi connectivity index (χ3v) is 31.0. The Hall–Kier alpha value is -11.1. The highest BCUT2D eigenvalue weighted by atomic mass is 16.5. The number of Topliss-reactive ketones (excluding diaryl/α,β-unsaturated/α-hetero) is 1. The normalized spacial score (nSPS) is 22.2. The highest BCUT2D eigenvalue weighted by Gasteiger charge is 2.36. The molecule has 0 radical (unpaired) electrons. The largest absolute Gasteiger partial charge is 0.395 e. The molecule has 3 aliphatic heterocycles. The van der Waals surface area contributed by atoms with E-state index in [-0.39, 0.29) is 48.7 Å². The molecule has 752 valence electrons. The van der Waals surface area contributed by atoms with E-state index in [1.807, 2.05) is 19.9 Å². The van der Waals surface area contributed by atoms with Gasteiger partial charge in [-0.05, 0) is 325 Å². The molecule has 4 heterocycles. The maximum absolute atomic E-state index is 13.0. The number of H-pyrrole nitrogens is 1. The van der Waals surface area contributed by atoms with Gasteiger partial charge in [0.15, 0.2) is 23.0 Å². The fourth-order valence-electron chi connectivity index (χ4n) is 21.8. The minimum Gasteiger partial charge on any atom is -0.395 e. The molecule has 8 aliphatic carbocycles. The Kier molecular flexibility index (Phi) is 40.3. The van der Waals surface area contributed by atoms with Crippen LogP contribution >= 0.6 is 0 Å². The van der Waals surface area contributed by atoms with Crippen LogP contribution in [-0.2, 0) is 39.9 Å². The summed E-state index contributed by atoms with van der Waals surface area (Å²) >= 11 is 0. The fourth-order valence-corrected chi connectivity index (χ4v) is 21.8. The van der Waals surface area contributed by atoms with E-state index in [9.17, 15) is 29.4 Å². The maximum Gasteiger partial charge on any atom is 0.373 e. The number of aromatic nitrogens is 2. The molecule has 24 heteroatoms. The molecular weight excluding hydrogens is 1760 g/mol. The average Bonchev–Trinajstić information content (AvgIpc) is 1.47. The number of carbonyl (C=O) groups excluding carboxylic acids is 6. The lowest BCUT2D eigenvalue weighted by molar-refractivity contribution is -0.191. The predicted octanol–water partition coefficient (Wildman–Crippen LogP) is 24.2. The Morgan fingerprint density at radius 1 is 0.489 bits per heavy atom. The van der Waals surface area contributed by atoms with Crippen LogP contribution < -0.4 is 21.3 Å². The van der Waals surface area contributed by atoms with Crippen LogP contribution in [0, 0.1) is 48.3 Å². The minimum absolute atomic E-state index is 0.0708. The molecular formula is C117H154N14O10. The first-order valence-corrected chi connectivity index (χ1v) is 52.1. The summed E-state index contributed by atoms with van der Waals surface area (Å²) in [6.07, 6.45) is 51.5. The number of allylic oxidation sites excluding steroid dienone is 11. The standard InChI is InChI=1S/C30H40N4O3.2C30H40N4O2.C26H34N2O.CO2/c1-30(2)14-12-22(13-15-30)25-20-23(21-4-7-24(8-5-21)34(16-18-35)17-19-36)6-9-26(25)33-29(37)27-10-11-28(31-3)32-27;1-30(2)16-14-22(15-17-30)25-20-23(21-6-9-24(10-7-21)34(4)18-19-36-5)8-11-26(25)33-29(35)27-12-13-28(31-3)32-27;1-5-36-19-18-32-24-9-6-21(7-10-24)23-8-11-26(34-29(35)27-12-13-28(31-4)33-27)25(20-23)22-14-16-30(2,3)17-15-22;1-18-17-27-25(28-18)24(29)16-22-10-9-21(19-7-5-4-6-8-19)15-23(22)20-11-13-26(2,3)14-12-20;2-1-3/h6,9,11-12,20-21,24,35-36H,4-5,7-8,10,13-19H2,1-2H3,(H,33,37);8,11,13-14,20-21,24H,6-7,9-10,12,15-19H2,1-2,4-5H3,(H,33,35);8,11,13-14,20-21,24,32H,5-7,9-10,12,15-19H2,1-3H3,(H,34,35);9-11,15,17,19H,4-8,12-14,16H2,1-3H3,(H,27,28);. The Morgan fingerprint density at radius 3 is 1.21 bits per heavy atom. The molecule has 1 aromatic heterocycles. The van der Waals surface area contributed by atoms with Crippen molar-refractivity contribution in [2.75, 3.05) is 89.3 Å². The maximum atomic E-state index is 13.0. The van der Waals surface area contributed by atoms with Gasteiger partial charge >= 0.3 is 6.15 Å². The highest BCUT2D eigenvalue weighted by molar-refractivity contribution is 6.45. The molecule has 0 bridgehead atoms. The number of ether oxygens (including phenoxy) is 2. The molecule has 5 aromatic rings. The van der Waals surface area contributed by atoms with Crippen LogP contribution in [0.15, 0.2) is 154 Å². The number of aryl methyl sites for hydroxylation is 1. The quantitative estimate of drug-likeness (QED) is 0.0123. The van der Waals surface area contributed by atoms with Crippen molar-refractivity contribution in [1.29, 1.82) is 0 Å². The fraction of sp³-hybridized carbons (Fsp3) is 0.556. The lowest BCUT2D eigenvalue weighted by Gasteiger charge is -2.37. The number of aliphatic imine (C=N–C) groups is 3. The number of hydrogen-bond donors (Lipinski definition) is 7. The Labute approximate surface area is 838 Å². The van der Waals surface area contributed by atoms with Gasteiger partial charge in [-0.1, -0.05) is 173 Å². The summed E-state index contributed by atoms with van der Waals surface area (Å²) in [4.78, 5) is 103. The van der Waals surface area contributed by atoms with Gasteiger partial charge in [0.05, 0.1) is 26.4 Å². The van der Waals surface area contributed by atoms with Crippen LogP contribution in [0.1, 0.15) is 358 Å². The first-order chi connectivity index (χ1) is 67.8. The summed E-state index contributed by atoms with van der Waals surface area (Å²) in [6, 6.07) is 28.2. The lowest BCUT2D eigenvalue weighted by Crippen LogP contribution is -2.41. The number of ketones is 1. The second-order valence-electron chi connectivity index (χ2n) is 43.5. The monoisotopic (exact) mass is 1920 g/mol. The van der Waals surface area contributed by atoms with Crippen LogP contribution in [0.3, 0.4) is 0 Å². The number of aliphatic hydroxyl groups is 2. The molecule has 0 atom stereocenters. The summed E-state index contributed by atoms with van der Waals surface area (Å²) in [5, 5.41) is 31.8. The molecule has 4 aromatic carbocycles. The Balaban J connectivity index is 0.000000167. The number of rotatable bonds is 31. The minimum atomic E-state index is -0.242. The van der Waals surface area contributed by atoms with Crippen molar-refractivity contribution in [3.63, 3.8) is 0 Å². The number of carbonyl (C=O) groups is 4. The number of hydrogen-bond acceptors (Lipinski definition) is 17. The van der Waals surface area contributed by atoms with E-state index in [2.05, 4.69) is 224 Å².